The summed E-state index contributed by atoms with van der Waals surface area (Å²) in [6.45, 7) is 0.363. The minimum atomic E-state index is -0.463. The Morgan fingerprint density at radius 2 is 2.56 bits per heavy atom. The van der Waals surface area contributed by atoms with Gasteiger partial charge in [0.25, 0.3) is 0 Å². The molecule has 0 saturated heterocycles. The van der Waals surface area contributed by atoms with Gasteiger partial charge in [0.1, 0.15) is 5.76 Å². The number of amides is 2. The van der Waals surface area contributed by atoms with Gasteiger partial charge in [-0.3, -0.25) is 5.21 Å². The fourth-order valence-corrected chi connectivity index (χ4v) is 1.94. The SMILES string of the molecule is CNC(=O)N(O)CCC1CC1c1ccco1. The number of carbonyl (C=O) groups is 1. The molecule has 2 rings (SSSR count). The van der Waals surface area contributed by atoms with Crippen LogP contribution >= 0.6 is 0 Å². The molecular weight excluding hydrogens is 208 g/mol. The smallest absolute Gasteiger partial charge is 0.340 e. The highest BCUT2D eigenvalue weighted by Gasteiger charge is 2.40. The van der Waals surface area contributed by atoms with Crippen LogP contribution in [0.15, 0.2) is 22.8 Å². The van der Waals surface area contributed by atoms with Crippen molar-refractivity contribution in [1.82, 2.24) is 10.4 Å². The molecule has 1 aromatic rings. The predicted octanol–water partition coefficient (Wildman–Crippen LogP) is 1.80. The summed E-state index contributed by atoms with van der Waals surface area (Å²) in [6.07, 6.45) is 3.55. The highest BCUT2D eigenvalue weighted by atomic mass is 16.5. The summed E-state index contributed by atoms with van der Waals surface area (Å²) >= 11 is 0. The van der Waals surface area contributed by atoms with Crippen LogP contribution in [0.3, 0.4) is 0 Å². The van der Waals surface area contributed by atoms with Gasteiger partial charge in [-0.15, -0.1) is 0 Å². The lowest BCUT2D eigenvalue weighted by Gasteiger charge is -2.13. The summed E-state index contributed by atoms with van der Waals surface area (Å²) in [4.78, 5) is 11.0. The van der Waals surface area contributed by atoms with Crippen LogP contribution < -0.4 is 5.32 Å². The maximum absolute atomic E-state index is 11.0. The molecule has 2 N–H and O–H groups in total. The molecule has 5 nitrogen and oxygen atoms in total. The van der Waals surface area contributed by atoms with E-state index in [4.69, 9.17) is 4.42 Å². The van der Waals surface area contributed by atoms with Crippen molar-refractivity contribution < 1.29 is 14.4 Å². The molecule has 0 aliphatic heterocycles. The predicted molar refractivity (Wildman–Crippen MR) is 57.1 cm³/mol. The molecule has 0 bridgehead atoms. The van der Waals surface area contributed by atoms with Crippen molar-refractivity contribution in [3.8, 4) is 0 Å². The van der Waals surface area contributed by atoms with Gasteiger partial charge >= 0.3 is 6.03 Å². The van der Waals surface area contributed by atoms with Crippen LogP contribution in [0.5, 0.6) is 0 Å². The summed E-state index contributed by atoms with van der Waals surface area (Å²) in [5.41, 5.74) is 0. The van der Waals surface area contributed by atoms with Crippen LogP contribution in [-0.4, -0.2) is 29.9 Å². The highest BCUT2D eigenvalue weighted by Crippen LogP contribution is 2.49. The van der Waals surface area contributed by atoms with Gasteiger partial charge in [0.2, 0.25) is 0 Å². The lowest BCUT2D eigenvalue weighted by Crippen LogP contribution is -2.36. The molecule has 1 heterocycles. The van der Waals surface area contributed by atoms with E-state index in [1.807, 2.05) is 12.1 Å². The Morgan fingerprint density at radius 1 is 1.75 bits per heavy atom. The zero-order valence-corrected chi connectivity index (χ0v) is 9.22. The summed E-state index contributed by atoms with van der Waals surface area (Å²) in [5.74, 6) is 1.99. The van der Waals surface area contributed by atoms with Crippen molar-refractivity contribution in [2.24, 2.45) is 5.92 Å². The van der Waals surface area contributed by atoms with Crippen molar-refractivity contribution in [3.63, 3.8) is 0 Å². The van der Waals surface area contributed by atoms with Crippen LogP contribution in [0.2, 0.25) is 0 Å². The van der Waals surface area contributed by atoms with E-state index in [0.717, 1.165) is 23.7 Å². The Labute approximate surface area is 94.0 Å². The quantitative estimate of drug-likeness (QED) is 0.605. The van der Waals surface area contributed by atoms with E-state index in [9.17, 15) is 10.0 Å². The lowest BCUT2D eigenvalue weighted by atomic mass is 10.2. The molecule has 1 aliphatic carbocycles. The van der Waals surface area contributed by atoms with Crippen molar-refractivity contribution in [1.29, 1.82) is 0 Å². The maximum Gasteiger partial charge on any atom is 0.340 e. The van der Waals surface area contributed by atoms with Crippen LogP contribution in [0.1, 0.15) is 24.5 Å². The van der Waals surface area contributed by atoms with Crippen LogP contribution in [0.25, 0.3) is 0 Å². The second-order valence-corrected chi connectivity index (χ2v) is 4.08. The zero-order valence-electron chi connectivity index (χ0n) is 9.22. The van der Waals surface area contributed by atoms with Gasteiger partial charge in [0, 0.05) is 13.0 Å². The van der Waals surface area contributed by atoms with Gasteiger partial charge in [-0.05, 0) is 30.9 Å². The lowest BCUT2D eigenvalue weighted by molar-refractivity contribution is -0.0441. The second kappa shape index (κ2) is 4.57. The third-order valence-electron chi connectivity index (χ3n) is 2.99. The van der Waals surface area contributed by atoms with E-state index in [0.29, 0.717) is 18.4 Å². The molecule has 5 heteroatoms. The number of carbonyl (C=O) groups excluding carboxylic acids is 1. The summed E-state index contributed by atoms with van der Waals surface area (Å²) in [6, 6.07) is 3.39. The maximum atomic E-state index is 11.0. The number of hydrogen-bond acceptors (Lipinski definition) is 3. The van der Waals surface area contributed by atoms with Gasteiger partial charge in [0.05, 0.1) is 12.8 Å². The average molecular weight is 224 g/mol. The molecule has 0 spiro atoms. The molecule has 2 amide bonds. The number of nitrogens with zero attached hydrogens (tertiary/aromatic N) is 1. The van der Waals surface area contributed by atoms with Crippen molar-refractivity contribution in [3.05, 3.63) is 24.2 Å². The Balaban J connectivity index is 1.72. The number of rotatable bonds is 4. The third kappa shape index (κ3) is 2.36. The molecule has 1 saturated carbocycles. The molecule has 1 fully saturated rings. The second-order valence-electron chi connectivity index (χ2n) is 4.08. The van der Waals surface area contributed by atoms with E-state index in [2.05, 4.69) is 5.32 Å². The number of furan rings is 1. The first-order chi connectivity index (χ1) is 7.72. The number of hydroxylamine groups is 2. The molecule has 88 valence electrons. The first-order valence-corrected chi connectivity index (χ1v) is 5.44. The minimum absolute atomic E-state index is 0.363. The molecule has 16 heavy (non-hydrogen) atoms. The van der Waals surface area contributed by atoms with Crippen LogP contribution in [0, 0.1) is 5.92 Å². The van der Waals surface area contributed by atoms with E-state index >= 15 is 0 Å². The first-order valence-electron chi connectivity index (χ1n) is 5.44. The monoisotopic (exact) mass is 224 g/mol. The molecule has 2 atom stereocenters. The topological polar surface area (TPSA) is 65.7 Å². The molecule has 1 aliphatic rings. The highest BCUT2D eigenvalue weighted by molar-refractivity contribution is 5.72. The number of hydrogen-bond donors (Lipinski definition) is 2. The Kier molecular flexibility index (Phi) is 3.14. The zero-order chi connectivity index (χ0) is 11.5. The minimum Gasteiger partial charge on any atom is -0.469 e. The van der Waals surface area contributed by atoms with E-state index in [1.54, 1.807) is 6.26 Å². The summed E-state index contributed by atoms with van der Waals surface area (Å²) < 4.78 is 5.31. The molecule has 0 aromatic carbocycles. The van der Waals surface area contributed by atoms with Crippen LogP contribution in [0.4, 0.5) is 4.79 Å². The van der Waals surface area contributed by atoms with E-state index in [-0.39, 0.29) is 0 Å². The van der Waals surface area contributed by atoms with Crippen LogP contribution in [-0.2, 0) is 0 Å². The standard InChI is InChI=1S/C11H16N2O3/c1-12-11(14)13(15)5-4-8-7-9(8)10-3-2-6-16-10/h2-3,6,8-9,15H,4-5,7H2,1H3,(H,12,14). The fourth-order valence-electron chi connectivity index (χ4n) is 1.94. The first kappa shape index (κ1) is 11.0. The Hall–Kier alpha value is -1.49. The normalized spacial score (nSPS) is 22.9. The number of nitrogens with one attached hydrogen (secondary N) is 1. The Morgan fingerprint density at radius 3 is 3.19 bits per heavy atom. The van der Waals surface area contributed by atoms with Crippen molar-refractivity contribution in [2.45, 2.75) is 18.8 Å². The molecule has 1 aromatic heterocycles. The van der Waals surface area contributed by atoms with Gasteiger partial charge in [0.15, 0.2) is 0 Å². The van der Waals surface area contributed by atoms with Crippen molar-refractivity contribution in [2.75, 3.05) is 13.6 Å². The van der Waals surface area contributed by atoms with Gasteiger partial charge in [-0.25, -0.2) is 9.86 Å². The van der Waals surface area contributed by atoms with Gasteiger partial charge in [-0.1, -0.05) is 0 Å². The van der Waals surface area contributed by atoms with Crippen molar-refractivity contribution >= 4 is 6.03 Å². The third-order valence-corrected chi connectivity index (χ3v) is 2.99. The fraction of sp³-hybridized carbons (Fsp3) is 0.545. The largest absolute Gasteiger partial charge is 0.469 e. The summed E-state index contributed by atoms with van der Waals surface area (Å²) in [7, 11) is 1.49. The van der Waals surface area contributed by atoms with Gasteiger partial charge < -0.3 is 9.73 Å². The summed E-state index contributed by atoms with van der Waals surface area (Å²) in [5, 5.41) is 12.4. The molecule has 0 radical (unpaired) electrons. The average Bonchev–Trinajstić information content (AvgIpc) is 2.87. The molecule has 2 unspecified atom stereocenters. The Bertz CT molecular complexity index is 350. The van der Waals surface area contributed by atoms with E-state index < -0.39 is 6.03 Å². The van der Waals surface area contributed by atoms with E-state index in [1.165, 1.54) is 7.05 Å². The molecular formula is C11H16N2O3. The number of urea groups is 1. The van der Waals surface area contributed by atoms with Gasteiger partial charge in [-0.2, -0.15) is 0 Å².